The SMILES string of the molecule is FC(F)Oc1ccco1. The normalized spacial score (nSPS) is 10.1. The summed E-state index contributed by atoms with van der Waals surface area (Å²) in [5.41, 5.74) is 0. The summed E-state index contributed by atoms with van der Waals surface area (Å²) >= 11 is 0. The largest absolute Gasteiger partial charge is 0.434 e. The molecular formula is C5H4F2O2. The van der Waals surface area contributed by atoms with Gasteiger partial charge in [0.05, 0.1) is 6.26 Å². The lowest BCUT2D eigenvalue weighted by Crippen LogP contribution is -2.00. The minimum Gasteiger partial charge on any atom is -0.434 e. The zero-order valence-electron chi connectivity index (χ0n) is 4.38. The van der Waals surface area contributed by atoms with Gasteiger partial charge in [0.25, 0.3) is 5.95 Å². The van der Waals surface area contributed by atoms with Gasteiger partial charge in [-0.2, -0.15) is 8.78 Å². The van der Waals surface area contributed by atoms with Crippen LogP contribution in [0.5, 0.6) is 5.95 Å². The third-order valence-electron chi connectivity index (χ3n) is 0.700. The van der Waals surface area contributed by atoms with Crippen LogP contribution in [0, 0.1) is 0 Å². The first kappa shape index (κ1) is 6.07. The number of hydrogen-bond acceptors (Lipinski definition) is 2. The van der Waals surface area contributed by atoms with Crippen LogP contribution >= 0.6 is 0 Å². The van der Waals surface area contributed by atoms with Crippen molar-refractivity contribution >= 4 is 0 Å². The fourth-order valence-corrected chi connectivity index (χ4v) is 0.418. The van der Waals surface area contributed by atoms with Gasteiger partial charge in [-0.3, -0.25) is 0 Å². The Balaban J connectivity index is 2.48. The fourth-order valence-electron chi connectivity index (χ4n) is 0.418. The molecule has 0 fully saturated rings. The Morgan fingerprint density at radius 2 is 2.33 bits per heavy atom. The number of rotatable bonds is 2. The molecule has 2 nitrogen and oxygen atoms in total. The van der Waals surface area contributed by atoms with E-state index in [1.807, 2.05) is 0 Å². The molecule has 9 heavy (non-hydrogen) atoms. The van der Waals surface area contributed by atoms with Gasteiger partial charge in [-0.15, -0.1) is 0 Å². The summed E-state index contributed by atoms with van der Waals surface area (Å²) in [6.45, 7) is -2.81. The molecule has 0 unspecified atom stereocenters. The van der Waals surface area contributed by atoms with E-state index in [0.29, 0.717) is 0 Å². The van der Waals surface area contributed by atoms with Gasteiger partial charge >= 0.3 is 6.61 Å². The van der Waals surface area contributed by atoms with Gasteiger partial charge in [0.15, 0.2) is 0 Å². The summed E-state index contributed by atoms with van der Waals surface area (Å²) in [7, 11) is 0. The van der Waals surface area contributed by atoms with Crippen molar-refractivity contribution in [3.63, 3.8) is 0 Å². The molecule has 0 aliphatic carbocycles. The Kier molecular flexibility index (Phi) is 1.67. The Labute approximate surface area is 50.0 Å². The van der Waals surface area contributed by atoms with Crippen molar-refractivity contribution in [1.29, 1.82) is 0 Å². The summed E-state index contributed by atoms with van der Waals surface area (Å²) in [4.78, 5) is 0. The molecule has 1 aromatic rings. The highest BCUT2D eigenvalue weighted by Crippen LogP contribution is 2.12. The molecule has 0 amide bonds. The van der Waals surface area contributed by atoms with Crippen LogP contribution in [0.15, 0.2) is 22.8 Å². The van der Waals surface area contributed by atoms with E-state index in [-0.39, 0.29) is 5.95 Å². The van der Waals surface area contributed by atoms with E-state index in [0.717, 1.165) is 0 Å². The number of hydrogen-bond donors (Lipinski definition) is 0. The second-order valence-electron chi connectivity index (χ2n) is 1.31. The molecule has 0 radical (unpaired) electrons. The van der Waals surface area contributed by atoms with Crippen molar-refractivity contribution < 1.29 is 17.9 Å². The summed E-state index contributed by atoms with van der Waals surface area (Å²) < 4.78 is 30.9. The molecule has 0 N–H and O–H groups in total. The van der Waals surface area contributed by atoms with Crippen LogP contribution in [0.4, 0.5) is 8.78 Å². The predicted molar refractivity (Wildman–Crippen MR) is 25.3 cm³/mol. The van der Waals surface area contributed by atoms with E-state index >= 15 is 0 Å². The maximum Gasteiger partial charge on any atom is 0.389 e. The standard InChI is InChI=1S/C5H4F2O2/c6-5(7)9-4-2-1-3-8-4/h1-3,5H. The number of furan rings is 1. The highest BCUT2D eigenvalue weighted by Gasteiger charge is 2.04. The Morgan fingerprint density at radius 3 is 2.78 bits per heavy atom. The van der Waals surface area contributed by atoms with Gasteiger partial charge < -0.3 is 9.15 Å². The molecule has 0 saturated carbocycles. The van der Waals surface area contributed by atoms with E-state index in [1.54, 1.807) is 0 Å². The van der Waals surface area contributed by atoms with Crippen LogP contribution in [-0.4, -0.2) is 6.61 Å². The van der Waals surface area contributed by atoms with Crippen LogP contribution in [0.3, 0.4) is 0 Å². The Morgan fingerprint density at radius 1 is 1.56 bits per heavy atom. The first-order chi connectivity index (χ1) is 4.29. The van der Waals surface area contributed by atoms with Crippen molar-refractivity contribution in [2.24, 2.45) is 0 Å². The molecule has 4 heteroatoms. The van der Waals surface area contributed by atoms with Gasteiger partial charge in [0, 0.05) is 6.07 Å². The van der Waals surface area contributed by atoms with Crippen LogP contribution < -0.4 is 4.74 Å². The molecule has 0 aliphatic heterocycles. The van der Waals surface area contributed by atoms with Gasteiger partial charge in [-0.25, -0.2) is 0 Å². The minimum atomic E-state index is -2.81. The van der Waals surface area contributed by atoms with E-state index in [9.17, 15) is 8.78 Å². The maximum atomic E-state index is 11.3. The molecule has 1 rings (SSSR count). The van der Waals surface area contributed by atoms with Crippen LogP contribution in [0.2, 0.25) is 0 Å². The molecule has 0 atom stereocenters. The molecule has 0 saturated heterocycles. The number of alkyl halides is 2. The Bertz CT molecular complexity index is 159. The van der Waals surface area contributed by atoms with Crippen molar-refractivity contribution in [1.82, 2.24) is 0 Å². The van der Waals surface area contributed by atoms with Gasteiger partial charge in [0.2, 0.25) is 0 Å². The van der Waals surface area contributed by atoms with Gasteiger partial charge in [-0.1, -0.05) is 0 Å². The van der Waals surface area contributed by atoms with Crippen LogP contribution in [0.1, 0.15) is 0 Å². The predicted octanol–water partition coefficient (Wildman–Crippen LogP) is 1.88. The Hall–Kier alpha value is -1.06. The summed E-state index contributed by atoms with van der Waals surface area (Å²) in [6, 6.07) is 2.78. The lowest BCUT2D eigenvalue weighted by atomic mass is 10.7. The van der Waals surface area contributed by atoms with Gasteiger partial charge in [-0.05, 0) is 6.07 Å². The molecule has 0 aromatic carbocycles. The maximum absolute atomic E-state index is 11.3. The van der Waals surface area contributed by atoms with E-state index < -0.39 is 6.61 Å². The minimum absolute atomic E-state index is 0.162. The zero-order valence-corrected chi connectivity index (χ0v) is 4.38. The van der Waals surface area contributed by atoms with E-state index in [4.69, 9.17) is 0 Å². The van der Waals surface area contributed by atoms with E-state index in [1.165, 1.54) is 18.4 Å². The molecule has 50 valence electrons. The summed E-state index contributed by atoms with van der Waals surface area (Å²) in [5, 5.41) is 0. The summed E-state index contributed by atoms with van der Waals surface area (Å²) in [5.74, 6) is -0.162. The van der Waals surface area contributed by atoms with Crippen molar-refractivity contribution in [3.8, 4) is 5.95 Å². The van der Waals surface area contributed by atoms with Crippen LogP contribution in [-0.2, 0) is 0 Å². The summed E-state index contributed by atoms with van der Waals surface area (Å²) in [6.07, 6.45) is 1.26. The van der Waals surface area contributed by atoms with Gasteiger partial charge in [0.1, 0.15) is 0 Å². The third kappa shape index (κ3) is 1.71. The highest BCUT2D eigenvalue weighted by atomic mass is 19.3. The van der Waals surface area contributed by atoms with E-state index in [2.05, 4.69) is 9.15 Å². The number of halogens is 2. The van der Waals surface area contributed by atoms with Crippen molar-refractivity contribution in [3.05, 3.63) is 18.4 Å². The smallest absolute Gasteiger partial charge is 0.389 e. The van der Waals surface area contributed by atoms with Crippen LogP contribution in [0.25, 0.3) is 0 Å². The fraction of sp³-hybridized carbons (Fsp3) is 0.200. The molecule has 0 bridgehead atoms. The molecule has 1 heterocycles. The first-order valence-electron chi connectivity index (χ1n) is 2.27. The monoisotopic (exact) mass is 134 g/mol. The first-order valence-corrected chi connectivity index (χ1v) is 2.27. The average molecular weight is 134 g/mol. The lowest BCUT2D eigenvalue weighted by Gasteiger charge is -1.96. The highest BCUT2D eigenvalue weighted by molar-refractivity contribution is 5.03. The molecular weight excluding hydrogens is 130 g/mol. The lowest BCUT2D eigenvalue weighted by molar-refractivity contribution is -0.0637. The topological polar surface area (TPSA) is 22.4 Å². The third-order valence-corrected chi connectivity index (χ3v) is 0.700. The van der Waals surface area contributed by atoms with Crippen molar-refractivity contribution in [2.45, 2.75) is 6.61 Å². The quantitative estimate of drug-likeness (QED) is 0.616. The second kappa shape index (κ2) is 2.48. The number of ether oxygens (including phenoxy) is 1. The van der Waals surface area contributed by atoms with Crippen molar-refractivity contribution in [2.75, 3.05) is 0 Å². The molecule has 0 spiro atoms. The molecule has 0 aliphatic rings. The average Bonchev–Trinajstić information content (AvgIpc) is 2.15. The second-order valence-corrected chi connectivity index (χ2v) is 1.31. The zero-order chi connectivity index (χ0) is 6.69. The molecule has 1 aromatic heterocycles.